The summed E-state index contributed by atoms with van der Waals surface area (Å²) in [4.78, 5) is 19.2. The summed E-state index contributed by atoms with van der Waals surface area (Å²) in [5.74, 6) is 1.90. The fourth-order valence-corrected chi connectivity index (χ4v) is 5.45. The van der Waals surface area contributed by atoms with E-state index in [-0.39, 0.29) is 17.6 Å². The maximum absolute atomic E-state index is 12.6. The highest BCUT2D eigenvalue weighted by atomic mass is 35.5. The zero-order valence-corrected chi connectivity index (χ0v) is 16.5. The van der Waals surface area contributed by atoms with Crippen LogP contribution < -0.4 is 5.32 Å². The third-order valence-electron chi connectivity index (χ3n) is 6.40. The number of likely N-dealkylation sites (tertiary alicyclic amines) is 1. The molecule has 0 aliphatic carbocycles. The highest BCUT2D eigenvalue weighted by Crippen LogP contribution is 2.54. The van der Waals surface area contributed by atoms with E-state index in [9.17, 15) is 4.79 Å². The van der Waals surface area contributed by atoms with Gasteiger partial charge in [-0.2, -0.15) is 4.98 Å². The van der Waals surface area contributed by atoms with E-state index in [2.05, 4.69) is 20.4 Å². The number of fused-ring (bicyclic) bond motifs is 1. The largest absolute Gasteiger partial charge is 0.370 e. The van der Waals surface area contributed by atoms with Crippen molar-refractivity contribution in [2.24, 2.45) is 11.8 Å². The van der Waals surface area contributed by atoms with E-state index in [0.717, 1.165) is 25.9 Å². The van der Waals surface area contributed by atoms with Crippen molar-refractivity contribution in [3.8, 4) is 0 Å². The Morgan fingerprint density at radius 1 is 1.43 bits per heavy atom. The second-order valence-electron chi connectivity index (χ2n) is 8.12. The molecule has 1 N–H and O–H groups in total. The Balaban J connectivity index is 1.25. The number of benzene rings is 1. The monoisotopic (exact) mass is 402 g/mol. The summed E-state index contributed by atoms with van der Waals surface area (Å²) in [6.45, 7) is 4.88. The molecule has 28 heavy (non-hydrogen) atoms. The molecular weight excluding hydrogens is 380 g/mol. The molecule has 0 radical (unpaired) electrons. The first-order chi connectivity index (χ1) is 13.5. The van der Waals surface area contributed by atoms with E-state index in [4.69, 9.17) is 20.9 Å². The Morgan fingerprint density at radius 2 is 2.29 bits per heavy atom. The Kier molecular flexibility index (Phi) is 4.41. The van der Waals surface area contributed by atoms with Gasteiger partial charge in [-0.3, -0.25) is 9.69 Å². The first kappa shape index (κ1) is 18.1. The number of aryl methyl sites for hydroxylation is 1. The number of rotatable bonds is 5. The van der Waals surface area contributed by atoms with Crippen LogP contribution in [0, 0.1) is 18.8 Å². The molecule has 1 aromatic heterocycles. The van der Waals surface area contributed by atoms with E-state index in [1.54, 1.807) is 12.1 Å². The first-order valence-corrected chi connectivity index (χ1v) is 10.1. The quantitative estimate of drug-likeness (QED) is 0.827. The highest BCUT2D eigenvalue weighted by molar-refractivity contribution is 6.33. The Hall–Kier alpha value is -1.96. The number of aromatic nitrogens is 2. The average Bonchev–Trinajstić information content (AvgIpc) is 3.41. The minimum absolute atomic E-state index is 0.0977. The van der Waals surface area contributed by atoms with Crippen molar-refractivity contribution in [2.75, 3.05) is 19.6 Å². The van der Waals surface area contributed by atoms with Crippen LogP contribution >= 0.6 is 11.6 Å². The molecule has 2 unspecified atom stereocenters. The minimum Gasteiger partial charge on any atom is -0.370 e. The number of amides is 1. The number of nitrogens with one attached hydrogen (secondary N) is 1. The van der Waals surface area contributed by atoms with E-state index >= 15 is 0 Å². The molecule has 148 valence electrons. The predicted octanol–water partition coefficient (Wildman–Crippen LogP) is 2.44. The van der Waals surface area contributed by atoms with E-state index < -0.39 is 0 Å². The molecule has 1 aromatic carbocycles. The van der Waals surface area contributed by atoms with Gasteiger partial charge in [0.05, 0.1) is 28.8 Å². The number of carbonyl (C=O) groups excluding carboxylic acids is 1. The average molecular weight is 403 g/mol. The Bertz CT molecular complexity index is 903. The zero-order chi connectivity index (χ0) is 19.3. The third kappa shape index (κ3) is 3.02. The highest BCUT2D eigenvalue weighted by Gasteiger charge is 2.62. The van der Waals surface area contributed by atoms with Crippen LogP contribution in [0.1, 0.15) is 34.9 Å². The van der Waals surface area contributed by atoms with Gasteiger partial charge in [-0.15, -0.1) is 0 Å². The van der Waals surface area contributed by atoms with Gasteiger partial charge in [-0.25, -0.2) is 0 Å². The fourth-order valence-electron chi connectivity index (χ4n) is 5.23. The molecular formula is C20H23ClN4O3. The molecule has 2 bridgehead atoms. The number of carbonyl (C=O) groups is 1. The van der Waals surface area contributed by atoms with Gasteiger partial charge in [-0.05, 0) is 31.9 Å². The van der Waals surface area contributed by atoms with Crippen LogP contribution in [0.25, 0.3) is 0 Å². The molecule has 4 heterocycles. The van der Waals surface area contributed by atoms with Crippen molar-refractivity contribution in [1.29, 1.82) is 0 Å². The zero-order valence-electron chi connectivity index (χ0n) is 15.7. The fraction of sp³-hybridized carbons (Fsp3) is 0.550. The van der Waals surface area contributed by atoms with Gasteiger partial charge in [0, 0.05) is 31.5 Å². The summed E-state index contributed by atoms with van der Waals surface area (Å²) in [5.41, 5.74) is 0.419. The SMILES string of the molecule is Cc1noc(CN2C[C@H]3C(CNC(=O)c4ccccc4Cl)C4CC[C@]3(C2)O4)n1. The van der Waals surface area contributed by atoms with Gasteiger partial charge >= 0.3 is 0 Å². The van der Waals surface area contributed by atoms with Gasteiger partial charge in [0.1, 0.15) is 0 Å². The lowest BCUT2D eigenvalue weighted by atomic mass is 9.73. The normalized spacial score (nSPS) is 31.3. The topological polar surface area (TPSA) is 80.5 Å². The maximum atomic E-state index is 12.6. The number of nitrogens with zero attached hydrogens (tertiary/aromatic N) is 3. The van der Waals surface area contributed by atoms with Gasteiger partial charge in [0.25, 0.3) is 5.91 Å². The van der Waals surface area contributed by atoms with Crippen LogP contribution in [0.5, 0.6) is 0 Å². The molecule has 5 rings (SSSR count). The maximum Gasteiger partial charge on any atom is 0.252 e. The number of hydrogen-bond donors (Lipinski definition) is 1. The van der Waals surface area contributed by atoms with E-state index in [1.807, 2.05) is 19.1 Å². The molecule has 3 aliphatic heterocycles. The number of halogens is 1. The molecule has 2 aromatic rings. The van der Waals surface area contributed by atoms with Crippen molar-refractivity contribution in [3.63, 3.8) is 0 Å². The summed E-state index contributed by atoms with van der Waals surface area (Å²) in [5, 5.41) is 7.43. The lowest BCUT2D eigenvalue weighted by molar-refractivity contribution is 0.00143. The van der Waals surface area contributed by atoms with Crippen LogP contribution in [0.15, 0.2) is 28.8 Å². The van der Waals surface area contributed by atoms with Crippen LogP contribution in [0.3, 0.4) is 0 Å². The second-order valence-corrected chi connectivity index (χ2v) is 8.53. The van der Waals surface area contributed by atoms with Gasteiger partial charge in [0.15, 0.2) is 5.82 Å². The minimum atomic E-state index is -0.126. The van der Waals surface area contributed by atoms with Crippen LogP contribution in [0.4, 0.5) is 0 Å². The lowest BCUT2D eigenvalue weighted by Gasteiger charge is -2.29. The van der Waals surface area contributed by atoms with Gasteiger partial charge in [-0.1, -0.05) is 28.9 Å². The van der Waals surface area contributed by atoms with Crippen molar-refractivity contribution in [3.05, 3.63) is 46.6 Å². The van der Waals surface area contributed by atoms with Crippen molar-refractivity contribution < 1.29 is 14.1 Å². The molecule has 7 nitrogen and oxygen atoms in total. The Morgan fingerprint density at radius 3 is 3.07 bits per heavy atom. The molecule has 3 aliphatic rings. The number of ether oxygens (including phenoxy) is 1. The molecule has 1 spiro atoms. The predicted molar refractivity (Wildman–Crippen MR) is 102 cm³/mol. The van der Waals surface area contributed by atoms with Crippen molar-refractivity contribution in [2.45, 2.75) is 38.0 Å². The molecule has 4 atom stereocenters. The standard InChI is InChI=1S/C20H23ClN4O3/c1-12-23-18(28-24-12)10-25-9-15-14(17-6-7-20(15,11-25)27-17)8-22-19(26)13-4-2-3-5-16(13)21/h2-5,14-15,17H,6-11H2,1H3,(H,22,26)/t14?,15-,17?,20+/m0/s1. The summed E-state index contributed by atoms with van der Waals surface area (Å²) >= 11 is 6.15. The lowest BCUT2D eigenvalue weighted by Crippen LogP contribution is -2.41. The van der Waals surface area contributed by atoms with Crippen molar-refractivity contribution in [1.82, 2.24) is 20.4 Å². The second kappa shape index (κ2) is 6.83. The molecule has 8 heteroatoms. The molecule has 3 saturated heterocycles. The first-order valence-electron chi connectivity index (χ1n) is 9.76. The Labute approximate surface area is 168 Å². The van der Waals surface area contributed by atoms with Gasteiger partial charge < -0.3 is 14.6 Å². The van der Waals surface area contributed by atoms with Crippen LogP contribution in [-0.2, 0) is 11.3 Å². The smallest absolute Gasteiger partial charge is 0.252 e. The molecule has 3 fully saturated rings. The summed E-state index contributed by atoms with van der Waals surface area (Å²) < 4.78 is 11.7. The molecule has 1 amide bonds. The summed E-state index contributed by atoms with van der Waals surface area (Å²) in [6, 6.07) is 7.13. The molecule has 0 saturated carbocycles. The summed E-state index contributed by atoms with van der Waals surface area (Å²) in [6.07, 6.45) is 2.36. The van der Waals surface area contributed by atoms with Crippen LogP contribution in [0.2, 0.25) is 5.02 Å². The van der Waals surface area contributed by atoms with Crippen LogP contribution in [-0.4, -0.2) is 52.3 Å². The number of hydrogen-bond acceptors (Lipinski definition) is 6. The van der Waals surface area contributed by atoms with E-state index in [1.165, 1.54) is 0 Å². The summed E-state index contributed by atoms with van der Waals surface area (Å²) in [7, 11) is 0. The van der Waals surface area contributed by atoms with Crippen molar-refractivity contribution >= 4 is 17.5 Å². The van der Waals surface area contributed by atoms with E-state index in [0.29, 0.717) is 47.2 Å². The third-order valence-corrected chi connectivity index (χ3v) is 6.73. The van der Waals surface area contributed by atoms with Gasteiger partial charge in [0.2, 0.25) is 5.89 Å².